The van der Waals surface area contributed by atoms with Gasteiger partial charge in [-0.25, -0.2) is 4.79 Å². The molecule has 1 aliphatic heterocycles. The number of aryl methyl sites for hydroxylation is 1. The predicted molar refractivity (Wildman–Crippen MR) is 67.0 cm³/mol. The van der Waals surface area contributed by atoms with Gasteiger partial charge >= 0.3 is 6.03 Å². The molecule has 0 spiro atoms. The van der Waals surface area contributed by atoms with Crippen LogP contribution in [0.5, 0.6) is 0 Å². The Labute approximate surface area is 101 Å². The van der Waals surface area contributed by atoms with Crippen molar-refractivity contribution in [3.8, 4) is 0 Å². The molecule has 0 aromatic heterocycles. The van der Waals surface area contributed by atoms with E-state index < -0.39 is 0 Å². The maximum Gasteiger partial charge on any atom is 0.321 e. The Morgan fingerprint density at radius 1 is 1.41 bits per heavy atom. The Balaban J connectivity index is 1.93. The Kier molecular flexibility index (Phi) is 3.64. The average Bonchev–Trinajstić information content (AvgIpc) is 2.29. The van der Waals surface area contributed by atoms with Crippen LogP contribution in [0, 0.1) is 6.92 Å². The Morgan fingerprint density at radius 2 is 2.12 bits per heavy atom. The predicted octanol–water partition coefficient (Wildman–Crippen LogP) is 1.98. The van der Waals surface area contributed by atoms with Gasteiger partial charge in [0.15, 0.2) is 0 Å². The zero-order chi connectivity index (χ0) is 12.3. The summed E-state index contributed by atoms with van der Waals surface area (Å²) in [6.07, 6.45) is 1.08. The Morgan fingerprint density at radius 3 is 2.76 bits per heavy atom. The highest BCUT2D eigenvalue weighted by atomic mass is 16.3. The zero-order valence-electron chi connectivity index (χ0n) is 10.0. The molecule has 92 valence electrons. The summed E-state index contributed by atoms with van der Waals surface area (Å²) < 4.78 is 0. The minimum absolute atomic E-state index is 0.0810. The topological polar surface area (TPSA) is 52.6 Å². The first-order valence-corrected chi connectivity index (χ1v) is 5.96. The van der Waals surface area contributed by atoms with Gasteiger partial charge in [0.25, 0.3) is 0 Å². The van der Waals surface area contributed by atoms with Crippen LogP contribution in [0.3, 0.4) is 0 Å². The molecule has 1 aliphatic rings. The van der Waals surface area contributed by atoms with Crippen LogP contribution >= 0.6 is 0 Å². The number of hydrogen-bond acceptors (Lipinski definition) is 2. The Bertz CT molecular complexity index is 398. The van der Waals surface area contributed by atoms with Crippen LogP contribution in [0.15, 0.2) is 24.3 Å². The number of amides is 2. The van der Waals surface area contributed by atoms with Gasteiger partial charge in [-0.05, 0) is 37.5 Å². The van der Waals surface area contributed by atoms with Crippen molar-refractivity contribution < 1.29 is 9.90 Å². The number of piperidine rings is 1. The monoisotopic (exact) mass is 234 g/mol. The molecule has 4 nitrogen and oxygen atoms in total. The fourth-order valence-electron chi connectivity index (χ4n) is 1.99. The summed E-state index contributed by atoms with van der Waals surface area (Å²) in [7, 11) is 0. The molecule has 0 radical (unpaired) electrons. The van der Waals surface area contributed by atoms with Crippen LogP contribution < -0.4 is 5.32 Å². The van der Waals surface area contributed by atoms with E-state index in [1.54, 1.807) is 4.90 Å². The van der Waals surface area contributed by atoms with E-state index in [0.717, 1.165) is 11.3 Å². The van der Waals surface area contributed by atoms with Crippen LogP contribution in [0.2, 0.25) is 0 Å². The van der Waals surface area contributed by atoms with E-state index in [1.165, 1.54) is 0 Å². The SMILES string of the molecule is Cc1cccc(NC(=O)N2CCC(O)CC2)c1. The quantitative estimate of drug-likeness (QED) is 0.780. The van der Waals surface area contributed by atoms with E-state index in [4.69, 9.17) is 0 Å². The second-order valence-electron chi connectivity index (χ2n) is 4.52. The molecule has 1 aromatic carbocycles. The van der Waals surface area contributed by atoms with Gasteiger partial charge in [0.2, 0.25) is 0 Å². The van der Waals surface area contributed by atoms with Gasteiger partial charge in [0.05, 0.1) is 6.10 Å². The third-order valence-electron chi connectivity index (χ3n) is 3.02. The number of nitrogens with zero attached hydrogens (tertiary/aromatic N) is 1. The highest BCUT2D eigenvalue weighted by molar-refractivity contribution is 5.89. The maximum atomic E-state index is 11.9. The van der Waals surface area contributed by atoms with Gasteiger partial charge in [0, 0.05) is 18.8 Å². The molecule has 17 heavy (non-hydrogen) atoms. The largest absolute Gasteiger partial charge is 0.393 e. The van der Waals surface area contributed by atoms with Gasteiger partial charge in [-0.3, -0.25) is 0 Å². The number of aliphatic hydroxyl groups is 1. The van der Waals surface area contributed by atoms with Crippen molar-refractivity contribution in [1.29, 1.82) is 0 Å². The van der Waals surface area contributed by atoms with Crippen molar-refractivity contribution in [3.63, 3.8) is 0 Å². The molecule has 1 heterocycles. The fraction of sp³-hybridized carbons (Fsp3) is 0.462. The molecule has 2 N–H and O–H groups in total. The van der Waals surface area contributed by atoms with Crippen LogP contribution in [-0.4, -0.2) is 35.2 Å². The van der Waals surface area contributed by atoms with Crippen LogP contribution in [0.1, 0.15) is 18.4 Å². The van der Waals surface area contributed by atoms with E-state index in [1.807, 2.05) is 31.2 Å². The normalized spacial score (nSPS) is 16.9. The first kappa shape index (κ1) is 11.9. The van der Waals surface area contributed by atoms with Gasteiger partial charge in [-0.15, -0.1) is 0 Å². The molecule has 0 aliphatic carbocycles. The molecule has 0 unspecified atom stereocenters. The number of benzene rings is 1. The van der Waals surface area contributed by atoms with Gasteiger partial charge in [0.1, 0.15) is 0 Å². The molecule has 0 atom stereocenters. The molecule has 4 heteroatoms. The summed E-state index contributed by atoms with van der Waals surface area (Å²) in [4.78, 5) is 13.7. The van der Waals surface area contributed by atoms with Crippen LogP contribution in [-0.2, 0) is 0 Å². The molecule has 2 rings (SSSR count). The lowest BCUT2D eigenvalue weighted by Gasteiger charge is -2.29. The number of aliphatic hydroxyl groups excluding tert-OH is 1. The number of rotatable bonds is 1. The van der Waals surface area contributed by atoms with Crippen molar-refractivity contribution >= 4 is 11.7 Å². The van der Waals surface area contributed by atoms with Crippen LogP contribution in [0.4, 0.5) is 10.5 Å². The molecule has 0 saturated carbocycles. The van der Waals surface area contributed by atoms with Crippen molar-refractivity contribution in [3.05, 3.63) is 29.8 Å². The highest BCUT2D eigenvalue weighted by Crippen LogP contribution is 2.14. The number of anilines is 1. The maximum absolute atomic E-state index is 11.9. The van der Waals surface area contributed by atoms with Crippen molar-refractivity contribution in [2.24, 2.45) is 0 Å². The number of carbonyl (C=O) groups is 1. The van der Waals surface area contributed by atoms with E-state index in [-0.39, 0.29) is 12.1 Å². The van der Waals surface area contributed by atoms with Crippen molar-refractivity contribution in [2.75, 3.05) is 18.4 Å². The third-order valence-corrected chi connectivity index (χ3v) is 3.02. The average molecular weight is 234 g/mol. The molecule has 0 bridgehead atoms. The molecule has 1 aromatic rings. The molecule has 2 amide bonds. The smallest absolute Gasteiger partial charge is 0.321 e. The number of nitrogens with one attached hydrogen (secondary N) is 1. The second-order valence-corrected chi connectivity index (χ2v) is 4.52. The second kappa shape index (κ2) is 5.19. The molecule has 1 fully saturated rings. The Hall–Kier alpha value is -1.55. The minimum atomic E-state index is -0.252. The van der Waals surface area contributed by atoms with Crippen molar-refractivity contribution in [1.82, 2.24) is 4.90 Å². The highest BCUT2D eigenvalue weighted by Gasteiger charge is 2.20. The number of urea groups is 1. The van der Waals surface area contributed by atoms with E-state index in [0.29, 0.717) is 25.9 Å². The first-order valence-electron chi connectivity index (χ1n) is 5.96. The van der Waals surface area contributed by atoms with E-state index in [9.17, 15) is 9.90 Å². The summed E-state index contributed by atoms with van der Waals surface area (Å²) >= 11 is 0. The lowest BCUT2D eigenvalue weighted by Crippen LogP contribution is -2.42. The summed E-state index contributed by atoms with van der Waals surface area (Å²) in [5, 5.41) is 12.2. The van der Waals surface area contributed by atoms with Crippen molar-refractivity contribution in [2.45, 2.75) is 25.9 Å². The van der Waals surface area contributed by atoms with Crippen LogP contribution in [0.25, 0.3) is 0 Å². The zero-order valence-corrected chi connectivity index (χ0v) is 10.0. The summed E-state index contributed by atoms with van der Waals surface area (Å²) in [6, 6.07) is 7.65. The fourth-order valence-corrected chi connectivity index (χ4v) is 1.99. The van der Waals surface area contributed by atoms with E-state index in [2.05, 4.69) is 5.32 Å². The lowest BCUT2D eigenvalue weighted by molar-refractivity contribution is 0.0972. The number of hydrogen-bond donors (Lipinski definition) is 2. The minimum Gasteiger partial charge on any atom is -0.393 e. The molecular weight excluding hydrogens is 216 g/mol. The lowest BCUT2D eigenvalue weighted by atomic mass is 10.1. The molecule has 1 saturated heterocycles. The summed E-state index contributed by atoms with van der Waals surface area (Å²) in [5.74, 6) is 0. The van der Waals surface area contributed by atoms with Gasteiger partial charge in [-0.2, -0.15) is 0 Å². The van der Waals surface area contributed by atoms with Gasteiger partial charge < -0.3 is 15.3 Å². The summed E-state index contributed by atoms with van der Waals surface area (Å²) in [6.45, 7) is 3.24. The van der Waals surface area contributed by atoms with E-state index >= 15 is 0 Å². The molecular formula is C13H18N2O2. The number of carbonyl (C=O) groups excluding carboxylic acids is 1. The van der Waals surface area contributed by atoms with Gasteiger partial charge in [-0.1, -0.05) is 12.1 Å². The number of likely N-dealkylation sites (tertiary alicyclic amines) is 1. The standard InChI is InChI=1S/C13H18N2O2/c1-10-3-2-4-11(9-10)14-13(17)15-7-5-12(16)6-8-15/h2-4,9,12,16H,5-8H2,1H3,(H,14,17). The first-order chi connectivity index (χ1) is 8.15. The third kappa shape index (κ3) is 3.20. The summed E-state index contributed by atoms with van der Waals surface area (Å²) in [5.41, 5.74) is 1.94.